The molecule has 1 rings (SSSR count). The molecule has 0 bridgehead atoms. The molecule has 0 fully saturated rings. The molecule has 0 unspecified atom stereocenters. The van der Waals surface area contributed by atoms with Crippen molar-refractivity contribution in [2.24, 2.45) is 0 Å². The van der Waals surface area contributed by atoms with Crippen LogP contribution < -0.4 is 0 Å². The second kappa shape index (κ2) is 2.41. The lowest BCUT2D eigenvalue weighted by Crippen LogP contribution is -1.52. The molecule has 0 amide bonds. The van der Waals surface area contributed by atoms with E-state index in [9.17, 15) is 0 Å². The first-order valence-corrected chi connectivity index (χ1v) is 4.11. The molecule has 0 aliphatic heterocycles. The standard InChI is InChI=1S/C4H2ClIOS/c5-3-1-2(7)4(6)8-3/h1,7H. The Bertz CT molecular complexity index is 178. The van der Waals surface area contributed by atoms with Crippen LogP contribution in [-0.4, -0.2) is 5.11 Å². The van der Waals surface area contributed by atoms with Gasteiger partial charge in [0.2, 0.25) is 0 Å². The molecule has 0 aliphatic rings. The fraction of sp³-hybridized carbons (Fsp3) is 0. The second-order valence-corrected chi connectivity index (χ2v) is 4.70. The van der Waals surface area contributed by atoms with E-state index in [-0.39, 0.29) is 5.75 Å². The van der Waals surface area contributed by atoms with Crippen LogP contribution >= 0.6 is 45.5 Å². The highest BCUT2D eigenvalue weighted by Crippen LogP contribution is 2.32. The summed E-state index contributed by atoms with van der Waals surface area (Å²) in [6.07, 6.45) is 0. The Morgan fingerprint density at radius 1 is 1.75 bits per heavy atom. The van der Waals surface area contributed by atoms with Crippen molar-refractivity contribution in [3.63, 3.8) is 0 Å². The summed E-state index contributed by atoms with van der Waals surface area (Å²) in [4.78, 5) is 0. The van der Waals surface area contributed by atoms with Gasteiger partial charge in [0.05, 0.1) is 4.34 Å². The fourth-order valence-corrected chi connectivity index (χ4v) is 2.43. The van der Waals surface area contributed by atoms with Crippen molar-refractivity contribution in [3.05, 3.63) is 13.3 Å². The summed E-state index contributed by atoms with van der Waals surface area (Å²) in [5, 5.41) is 8.86. The third-order valence-corrected chi connectivity index (χ3v) is 2.89. The van der Waals surface area contributed by atoms with Crippen LogP contribution in [0.2, 0.25) is 4.34 Å². The zero-order chi connectivity index (χ0) is 6.15. The maximum atomic E-state index is 8.86. The zero-order valence-corrected chi connectivity index (χ0v) is 7.42. The van der Waals surface area contributed by atoms with Crippen LogP contribution in [0.4, 0.5) is 0 Å². The number of thiophene rings is 1. The lowest BCUT2D eigenvalue weighted by atomic mass is 10.6. The number of hydrogen-bond donors (Lipinski definition) is 1. The number of halogens is 2. The largest absolute Gasteiger partial charge is 0.506 e. The van der Waals surface area contributed by atoms with Crippen LogP contribution in [0.5, 0.6) is 5.75 Å². The first-order chi connectivity index (χ1) is 3.70. The molecule has 0 spiro atoms. The fourth-order valence-electron chi connectivity index (χ4n) is 0.332. The molecule has 1 nitrogen and oxygen atoms in total. The van der Waals surface area contributed by atoms with Crippen LogP contribution in [0.3, 0.4) is 0 Å². The zero-order valence-electron chi connectivity index (χ0n) is 3.69. The summed E-state index contributed by atoms with van der Waals surface area (Å²) in [7, 11) is 0. The summed E-state index contributed by atoms with van der Waals surface area (Å²) in [6, 6.07) is 1.54. The highest BCUT2D eigenvalue weighted by molar-refractivity contribution is 14.1. The average molecular weight is 260 g/mol. The molecule has 0 aliphatic carbocycles. The molecule has 0 radical (unpaired) electrons. The maximum Gasteiger partial charge on any atom is 0.141 e. The van der Waals surface area contributed by atoms with E-state index in [1.165, 1.54) is 17.4 Å². The van der Waals surface area contributed by atoms with Crippen LogP contribution in [-0.2, 0) is 0 Å². The number of aromatic hydroxyl groups is 1. The number of hydrogen-bond acceptors (Lipinski definition) is 2. The molecule has 1 aromatic rings. The van der Waals surface area contributed by atoms with Crippen molar-refractivity contribution in [3.8, 4) is 5.75 Å². The minimum Gasteiger partial charge on any atom is -0.506 e. The van der Waals surface area contributed by atoms with E-state index in [1.807, 2.05) is 22.6 Å². The van der Waals surface area contributed by atoms with Gasteiger partial charge in [-0.05, 0) is 22.6 Å². The predicted octanol–water partition coefficient (Wildman–Crippen LogP) is 2.71. The predicted molar refractivity (Wildman–Crippen MR) is 43.7 cm³/mol. The van der Waals surface area contributed by atoms with Gasteiger partial charge in [-0.15, -0.1) is 11.3 Å². The van der Waals surface area contributed by atoms with Gasteiger partial charge in [-0.3, -0.25) is 0 Å². The first kappa shape index (κ1) is 6.64. The Morgan fingerprint density at radius 2 is 2.38 bits per heavy atom. The summed E-state index contributed by atoms with van der Waals surface area (Å²) >= 11 is 8.92. The third-order valence-electron chi connectivity index (χ3n) is 0.639. The highest BCUT2D eigenvalue weighted by Gasteiger charge is 2.00. The van der Waals surface area contributed by atoms with Gasteiger partial charge in [0.1, 0.15) is 8.63 Å². The van der Waals surface area contributed by atoms with Gasteiger partial charge in [-0.2, -0.15) is 0 Å². The summed E-state index contributed by atoms with van der Waals surface area (Å²) in [5.41, 5.74) is 0. The maximum absolute atomic E-state index is 8.86. The Labute approximate surface area is 69.4 Å². The van der Waals surface area contributed by atoms with Gasteiger partial charge >= 0.3 is 0 Å². The second-order valence-electron chi connectivity index (χ2n) is 1.21. The molecule has 1 N–H and O–H groups in total. The van der Waals surface area contributed by atoms with Gasteiger partial charge in [0.15, 0.2) is 0 Å². The molecule has 0 atom stereocenters. The van der Waals surface area contributed by atoms with Gasteiger partial charge in [-0.1, -0.05) is 11.6 Å². The van der Waals surface area contributed by atoms with E-state index in [4.69, 9.17) is 16.7 Å². The van der Waals surface area contributed by atoms with Crippen LogP contribution in [0.25, 0.3) is 0 Å². The smallest absolute Gasteiger partial charge is 0.141 e. The van der Waals surface area contributed by atoms with E-state index in [0.717, 1.165) is 2.88 Å². The average Bonchev–Trinajstić information content (AvgIpc) is 1.85. The summed E-state index contributed by atoms with van der Waals surface area (Å²) in [6.45, 7) is 0. The quantitative estimate of drug-likeness (QED) is 0.711. The van der Waals surface area contributed by atoms with Crippen molar-refractivity contribution in [1.82, 2.24) is 0 Å². The molecule has 44 valence electrons. The van der Waals surface area contributed by atoms with E-state index in [1.54, 1.807) is 0 Å². The molecule has 0 saturated heterocycles. The van der Waals surface area contributed by atoms with Crippen molar-refractivity contribution >= 4 is 45.5 Å². The van der Waals surface area contributed by atoms with Crippen LogP contribution in [0, 0.1) is 2.88 Å². The normalized spacial score (nSPS) is 9.75. The number of rotatable bonds is 0. The highest BCUT2D eigenvalue weighted by atomic mass is 127. The van der Waals surface area contributed by atoms with E-state index in [0.29, 0.717) is 4.34 Å². The summed E-state index contributed by atoms with van der Waals surface area (Å²) in [5.74, 6) is 0.278. The van der Waals surface area contributed by atoms with Crippen molar-refractivity contribution < 1.29 is 5.11 Å². The van der Waals surface area contributed by atoms with Crippen LogP contribution in [0.1, 0.15) is 0 Å². The monoisotopic (exact) mass is 260 g/mol. The van der Waals surface area contributed by atoms with Gasteiger partial charge in [-0.25, -0.2) is 0 Å². The Morgan fingerprint density at radius 3 is 2.50 bits per heavy atom. The SMILES string of the molecule is Oc1cc(Cl)sc1I. The lowest BCUT2D eigenvalue weighted by molar-refractivity contribution is 0.474. The van der Waals surface area contributed by atoms with E-state index in [2.05, 4.69) is 0 Å². The van der Waals surface area contributed by atoms with E-state index >= 15 is 0 Å². The van der Waals surface area contributed by atoms with Gasteiger partial charge < -0.3 is 5.11 Å². The lowest BCUT2D eigenvalue weighted by Gasteiger charge is -1.77. The Balaban J connectivity index is 3.14. The third kappa shape index (κ3) is 1.27. The molecule has 0 saturated carbocycles. The molecule has 8 heavy (non-hydrogen) atoms. The first-order valence-electron chi connectivity index (χ1n) is 1.84. The van der Waals surface area contributed by atoms with Crippen molar-refractivity contribution in [1.29, 1.82) is 0 Å². The minimum absolute atomic E-state index is 0.278. The Kier molecular flexibility index (Phi) is 2.00. The van der Waals surface area contributed by atoms with Gasteiger partial charge in [0.25, 0.3) is 0 Å². The van der Waals surface area contributed by atoms with Gasteiger partial charge in [0, 0.05) is 6.07 Å². The van der Waals surface area contributed by atoms with Crippen molar-refractivity contribution in [2.45, 2.75) is 0 Å². The molecular formula is C4H2ClIOS. The minimum atomic E-state index is 0.278. The Hall–Kier alpha value is 0.520. The topological polar surface area (TPSA) is 20.2 Å². The molecular weight excluding hydrogens is 258 g/mol. The molecule has 1 aromatic heterocycles. The summed E-state index contributed by atoms with van der Waals surface area (Å²) < 4.78 is 1.47. The van der Waals surface area contributed by atoms with Crippen LogP contribution in [0.15, 0.2) is 6.07 Å². The van der Waals surface area contributed by atoms with Crippen molar-refractivity contribution in [2.75, 3.05) is 0 Å². The van der Waals surface area contributed by atoms with E-state index < -0.39 is 0 Å². The molecule has 1 heterocycles. The molecule has 0 aromatic carbocycles. The molecule has 4 heteroatoms.